The van der Waals surface area contributed by atoms with E-state index in [-0.39, 0.29) is 22.9 Å². The highest BCUT2D eigenvalue weighted by Crippen LogP contribution is 2.36. The number of carbonyl (C=O) groups excluding carboxylic acids is 2. The first-order valence-electron chi connectivity index (χ1n) is 9.75. The molecule has 166 valence electrons. The molecule has 1 fully saturated rings. The lowest BCUT2D eigenvalue weighted by Crippen LogP contribution is -2.33. The average Bonchev–Trinajstić information content (AvgIpc) is 2.89. The Balaban J connectivity index is 1.69. The number of hydrogen-bond acceptors (Lipinski definition) is 6. The van der Waals surface area contributed by atoms with E-state index in [9.17, 15) is 18.0 Å². The minimum atomic E-state index is -3.77. The van der Waals surface area contributed by atoms with Crippen LogP contribution in [0.5, 0.6) is 11.5 Å². The third-order valence-electron chi connectivity index (χ3n) is 5.07. The van der Waals surface area contributed by atoms with Gasteiger partial charge in [-0.25, -0.2) is 12.7 Å². The van der Waals surface area contributed by atoms with Crippen molar-refractivity contribution in [3.05, 3.63) is 53.6 Å². The SMILES string of the molecule is COc1ccc(CCNC(=O)c2cccc(N3C(=O)C(C)(C)CS3(=O)=O)c2)cc1OC. The van der Waals surface area contributed by atoms with Gasteiger partial charge in [-0.15, -0.1) is 0 Å². The summed E-state index contributed by atoms with van der Waals surface area (Å²) in [7, 11) is -0.653. The second-order valence-corrected chi connectivity index (χ2v) is 9.77. The minimum absolute atomic E-state index is 0.170. The molecule has 0 saturated carbocycles. The zero-order chi connectivity index (χ0) is 22.8. The van der Waals surface area contributed by atoms with Gasteiger partial charge in [0.1, 0.15) is 0 Å². The molecule has 1 saturated heterocycles. The van der Waals surface area contributed by atoms with E-state index in [0.717, 1.165) is 9.87 Å². The van der Waals surface area contributed by atoms with E-state index < -0.39 is 21.3 Å². The van der Waals surface area contributed by atoms with Crippen LogP contribution in [0.25, 0.3) is 0 Å². The van der Waals surface area contributed by atoms with Crippen LogP contribution in [0.2, 0.25) is 0 Å². The van der Waals surface area contributed by atoms with E-state index in [1.165, 1.54) is 12.1 Å². The third kappa shape index (κ3) is 4.66. The molecule has 1 heterocycles. The predicted octanol–water partition coefficient (Wildman–Crippen LogP) is 2.38. The zero-order valence-corrected chi connectivity index (χ0v) is 18.8. The molecule has 0 unspecified atom stereocenters. The van der Waals surface area contributed by atoms with E-state index in [4.69, 9.17) is 9.47 Å². The lowest BCUT2D eigenvalue weighted by molar-refractivity contribution is -0.123. The number of benzene rings is 2. The van der Waals surface area contributed by atoms with Crippen molar-refractivity contribution >= 4 is 27.5 Å². The fourth-order valence-corrected chi connectivity index (χ4v) is 5.59. The van der Waals surface area contributed by atoms with Crippen molar-refractivity contribution in [2.24, 2.45) is 5.41 Å². The summed E-state index contributed by atoms with van der Waals surface area (Å²) in [4.78, 5) is 25.2. The van der Waals surface area contributed by atoms with Gasteiger partial charge in [-0.05, 0) is 56.2 Å². The van der Waals surface area contributed by atoms with Crippen LogP contribution < -0.4 is 19.1 Å². The van der Waals surface area contributed by atoms with Crippen molar-refractivity contribution in [1.29, 1.82) is 0 Å². The van der Waals surface area contributed by atoms with Crippen LogP contribution in [-0.4, -0.2) is 46.7 Å². The first kappa shape index (κ1) is 22.6. The molecule has 3 rings (SSSR count). The van der Waals surface area contributed by atoms with Gasteiger partial charge in [0.2, 0.25) is 15.9 Å². The van der Waals surface area contributed by atoms with E-state index >= 15 is 0 Å². The Morgan fingerprint density at radius 3 is 2.42 bits per heavy atom. The van der Waals surface area contributed by atoms with Crippen LogP contribution >= 0.6 is 0 Å². The number of nitrogens with zero attached hydrogens (tertiary/aromatic N) is 1. The van der Waals surface area contributed by atoms with Gasteiger partial charge in [-0.3, -0.25) is 9.59 Å². The summed E-state index contributed by atoms with van der Waals surface area (Å²) in [6.45, 7) is 3.56. The van der Waals surface area contributed by atoms with Crippen LogP contribution in [0.1, 0.15) is 29.8 Å². The van der Waals surface area contributed by atoms with Crippen LogP contribution in [-0.2, 0) is 21.2 Å². The van der Waals surface area contributed by atoms with Crippen LogP contribution in [0.15, 0.2) is 42.5 Å². The Labute approximate surface area is 182 Å². The van der Waals surface area contributed by atoms with Gasteiger partial charge in [0.25, 0.3) is 5.91 Å². The summed E-state index contributed by atoms with van der Waals surface area (Å²) >= 11 is 0. The van der Waals surface area contributed by atoms with Crippen molar-refractivity contribution in [2.45, 2.75) is 20.3 Å². The Bertz CT molecular complexity index is 1110. The Kier molecular flexibility index (Phi) is 6.26. The van der Waals surface area contributed by atoms with Crippen LogP contribution in [0.4, 0.5) is 5.69 Å². The summed E-state index contributed by atoms with van der Waals surface area (Å²) < 4.78 is 36.3. The molecule has 1 aliphatic heterocycles. The van der Waals surface area contributed by atoms with Crippen molar-refractivity contribution in [2.75, 3.05) is 30.8 Å². The Morgan fingerprint density at radius 1 is 1.10 bits per heavy atom. The van der Waals surface area contributed by atoms with Gasteiger partial charge in [0, 0.05) is 12.1 Å². The quantitative estimate of drug-likeness (QED) is 0.701. The number of ether oxygens (including phenoxy) is 2. The van der Waals surface area contributed by atoms with E-state index in [1.807, 2.05) is 12.1 Å². The van der Waals surface area contributed by atoms with Crippen molar-refractivity contribution in [1.82, 2.24) is 5.32 Å². The number of hydrogen-bond donors (Lipinski definition) is 1. The van der Waals surface area contributed by atoms with Gasteiger partial charge in [-0.2, -0.15) is 0 Å². The number of methoxy groups -OCH3 is 2. The lowest BCUT2D eigenvalue weighted by atomic mass is 9.95. The molecule has 0 aliphatic carbocycles. The maximum Gasteiger partial charge on any atom is 0.251 e. The Hall–Kier alpha value is -3.07. The normalized spacial score (nSPS) is 16.8. The maximum atomic E-state index is 12.6. The summed E-state index contributed by atoms with van der Waals surface area (Å²) in [5, 5.41) is 2.82. The predicted molar refractivity (Wildman–Crippen MR) is 117 cm³/mol. The molecule has 1 N–H and O–H groups in total. The lowest BCUT2D eigenvalue weighted by Gasteiger charge is -2.18. The first-order valence-corrected chi connectivity index (χ1v) is 11.4. The summed E-state index contributed by atoms with van der Waals surface area (Å²) in [6.07, 6.45) is 0.568. The number of sulfonamides is 1. The number of nitrogens with one attached hydrogen (secondary N) is 1. The van der Waals surface area contributed by atoms with Gasteiger partial charge in [-0.1, -0.05) is 12.1 Å². The van der Waals surface area contributed by atoms with Crippen LogP contribution in [0, 0.1) is 5.41 Å². The average molecular weight is 447 g/mol. The number of rotatable bonds is 7. The molecule has 8 nitrogen and oxygen atoms in total. The number of anilines is 1. The smallest absolute Gasteiger partial charge is 0.251 e. The Morgan fingerprint density at radius 2 is 1.81 bits per heavy atom. The molecule has 0 aromatic heterocycles. The van der Waals surface area contributed by atoms with E-state index in [0.29, 0.717) is 24.5 Å². The molecule has 0 spiro atoms. The van der Waals surface area contributed by atoms with Crippen molar-refractivity contribution < 1.29 is 27.5 Å². The molecular formula is C22H26N2O6S. The molecule has 0 bridgehead atoms. The molecule has 2 aromatic rings. The largest absolute Gasteiger partial charge is 0.493 e. The highest BCUT2D eigenvalue weighted by atomic mass is 32.2. The van der Waals surface area contributed by atoms with E-state index in [1.54, 1.807) is 46.3 Å². The van der Waals surface area contributed by atoms with E-state index in [2.05, 4.69) is 5.32 Å². The molecule has 9 heteroatoms. The minimum Gasteiger partial charge on any atom is -0.493 e. The van der Waals surface area contributed by atoms with Crippen molar-refractivity contribution in [3.63, 3.8) is 0 Å². The molecule has 0 radical (unpaired) electrons. The number of amides is 2. The fourth-order valence-electron chi connectivity index (χ4n) is 3.49. The van der Waals surface area contributed by atoms with Gasteiger partial charge in [0.15, 0.2) is 11.5 Å². The molecule has 1 aliphatic rings. The third-order valence-corrected chi connectivity index (χ3v) is 7.09. The molecule has 2 aromatic carbocycles. The van der Waals surface area contributed by atoms with Gasteiger partial charge < -0.3 is 14.8 Å². The summed E-state index contributed by atoms with van der Waals surface area (Å²) in [6, 6.07) is 11.6. The monoisotopic (exact) mass is 446 g/mol. The highest BCUT2D eigenvalue weighted by Gasteiger charge is 2.49. The molecule has 0 atom stereocenters. The maximum absolute atomic E-state index is 12.6. The molecule has 31 heavy (non-hydrogen) atoms. The van der Waals surface area contributed by atoms with Gasteiger partial charge in [0.05, 0.1) is 31.1 Å². The second kappa shape index (κ2) is 8.58. The van der Waals surface area contributed by atoms with Crippen molar-refractivity contribution in [3.8, 4) is 11.5 Å². The fraction of sp³-hybridized carbons (Fsp3) is 0.364. The van der Waals surface area contributed by atoms with Gasteiger partial charge >= 0.3 is 0 Å². The van der Waals surface area contributed by atoms with Crippen LogP contribution in [0.3, 0.4) is 0 Å². The number of carbonyl (C=O) groups is 2. The second-order valence-electron chi connectivity index (χ2n) is 7.96. The standard InChI is InChI=1S/C22H26N2O6S/c1-22(2)14-31(27,28)24(21(22)26)17-7-5-6-16(13-17)20(25)23-11-10-15-8-9-18(29-3)19(12-15)30-4/h5-9,12-13H,10-11,14H2,1-4H3,(H,23,25). The molecule has 2 amide bonds. The first-order chi connectivity index (χ1) is 14.6. The molecular weight excluding hydrogens is 420 g/mol. The summed E-state index contributed by atoms with van der Waals surface area (Å²) in [5.41, 5.74) is 0.402. The highest BCUT2D eigenvalue weighted by molar-refractivity contribution is 7.94. The summed E-state index contributed by atoms with van der Waals surface area (Å²) in [5.74, 6) is 0.116. The topological polar surface area (TPSA) is 102 Å². The zero-order valence-electron chi connectivity index (χ0n) is 18.0.